The minimum Gasteiger partial charge on any atom is -0.467 e. The molecular weight excluding hydrogens is 269 g/mol. The fraction of sp³-hybridized carbons (Fsp3) is 0.846. The van der Waals surface area contributed by atoms with Crippen molar-refractivity contribution in [3.63, 3.8) is 0 Å². The van der Waals surface area contributed by atoms with E-state index in [0.29, 0.717) is 0 Å². The molecule has 1 aliphatic heterocycles. The molecule has 1 amide bonds. The van der Waals surface area contributed by atoms with Gasteiger partial charge in [-0.25, -0.2) is 14.0 Å². The van der Waals surface area contributed by atoms with Gasteiger partial charge in [0.1, 0.15) is 17.8 Å². The number of ether oxygens (including phenoxy) is 3. The molecule has 6 nitrogen and oxygen atoms in total. The summed E-state index contributed by atoms with van der Waals surface area (Å²) in [5.41, 5.74) is -0.751. The lowest BCUT2D eigenvalue weighted by molar-refractivity contribution is -0.163. The fourth-order valence-corrected chi connectivity index (χ4v) is 2.12. The number of likely N-dealkylation sites (tertiary alicyclic amines) is 1. The normalized spacial score (nSPS) is 27.1. The third kappa shape index (κ3) is 3.82. The van der Waals surface area contributed by atoms with E-state index >= 15 is 0 Å². The molecule has 0 bridgehead atoms. The van der Waals surface area contributed by atoms with Crippen molar-refractivity contribution >= 4 is 12.1 Å². The Hall–Kier alpha value is -1.37. The van der Waals surface area contributed by atoms with Gasteiger partial charge < -0.3 is 14.2 Å². The van der Waals surface area contributed by atoms with Crippen LogP contribution in [0.5, 0.6) is 0 Å². The Kier molecular flexibility index (Phi) is 5.33. The molecule has 7 heteroatoms. The van der Waals surface area contributed by atoms with E-state index in [1.54, 1.807) is 20.8 Å². The summed E-state index contributed by atoms with van der Waals surface area (Å²) in [5, 5.41) is 0. The number of hydrogen-bond acceptors (Lipinski definition) is 5. The van der Waals surface area contributed by atoms with E-state index in [1.807, 2.05) is 0 Å². The van der Waals surface area contributed by atoms with Gasteiger partial charge in [-0.2, -0.15) is 0 Å². The Bertz CT molecular complexity index is 368. The number of halogens is 1. The van der Waals surface area contributed by atoms with Crippen LogP contribution in [0.15, 0.2) is 0 Å². The highest BCUT2D eigenvalue weighted by molar-refractivity contribution is 5.82. The second kappa shape index (κ2) is 6.39. The molecule has 1 rings (SSSR count). The highest BCUT2D eigenvalue weighted by atomic mass is 19.1. The quantitative estimate of drug-likeness (QED) is 0.727. The zero-order chi connectivity index (χ0) is 15.5. The van der Waals surface area contributed by atoms with Crippen LogP contribution in [0.4, 0.5) is 9.18 Å². The standard InChI is InChI=1S/C13H22FNO5/c1-13(2,3)20-12(17)15-9(11(16)19-5)7-6-8(14)10(15)18-4/h8-10H,6-7H2,1-5H3. The van der Waals surface area contributed by atoms with Gasteiger partial charge in [-0.15, -0.1) is 0 Å². The summed E-state index contributed by atoms with van der Waals surface area (Å²) in [5.74, 6) is -0.607. The van der Waals surface area contributed by atoms with Crippen LogP contribution in [0.3, 0.4) is 0 Å². The Balaban J connectivity index is 3.01. The average molecular weight is 291 g/mol. The van der Waals surface area contributed by atoms with Crippen LogP contribution in [0, 0.1) is 0 Å². The van der Waals surface area contributed by atoms with Gasteiger partial charge in [0.2, 0.25) is 0 Å². The Morgan fingerprint density at radius 3 is 2.25 bits per heavy atom. The van der Waals surface area contributed by atoms with E-state index < -0.39 is 36.1 Å². The van der Waals surface area contributed by atoms with Gasteiger partial charge in [0.05, 0.1) is 7.11 Å². The molecule has 116 valence electrons. The van der Waals surface area contributed by atoms with Crippen molar-refractivity contribution < 1.29 is 28.2 Å². The summed E-state index contributed by atoms with van der Waals surface area (Å²) >= 11 is 0. The molecule has 0 saturated carbocycles. The molecule has 1 fully saturated rings. The first-order chi connectivity index (χ1) is 9.21. The first-order valence-corrected chi connectivity index (χ1v) is 6.47. The highest BCUT2D eigenvalue weighted by Gasteiger charge is 2.46. The maximum Gasteiger partial charge on any atom is 0.413 e. The smallest absolute Gasteiger partial charge is 0.413 e. The van der Waals surface area contributed by atoms with E-state index in [-0.39, 0.29) is 12.8 Å². The number of carbonyl (C=O) groups is 2. The summed E-state index contributed by atoms with van der Waals surface area (Å²) in [6.45, 7) is 5.07. The zero-order valence-electron chi connectivity index (χ0n) is 12.5. The summed E-state index contributed by atoms with van der Waals surface area (Å²) in [6, 6.07) is -0.896. The van der Waals surface area contributed by atoms with Crippen LogP contribution in [0.2, 0.25) is 0 Å². The zero-order valence-corrected chi connectivity index (χ0v) is 12.5. The topological polar surface area (TPSA) is 65.1 Å². The molecule has 3 unspecified atom stereocenters. The second-order valence-corrected chi connectivity index (χ2v) is 5.65. The highest BCUT2D eigenvalue weighted by Crippen LogP contribution is 2.28. The van der Waals surface area contributed by atoms with Gasteiger partial charge in [0.25, 0.3) is 0 Å². The van der Waals surface area contributed by atoms with Crippen molar-refractivity contribution in [1.82, 2.24) is 4.90 Å². The Morgan fingerprint density at radius 2 is 1.80 bits per heavy atom. The summed E-state index contributed by atoms with van der Waals surface area (Å²) in [6.07, 6.45) is -3.01. The van der Waals surface area contributed by atoms with E-state index in [0.717, 1.165) is 4.90 Å². The van der Waals surface area contributed by atoms with E-state index in [9.17, 15) is 14.0 Å². The molecule has 20 heavy (non-hydrogen) atoms. The minimum atomic E-state index is -1.37. The molecule has 1 heterocycles. The van der Waals surface area contributed by atoms with Gasteiger partial charge in [-0.1, -0.05) is 0 Å². The van der Waals surface area contributed by atoms with Crippen LogP contribution in [0.1, 0.15) is 33.6 Å². The number of alkyl halides is 1. The molecule has 0 radical (unpaired) electrons. The van der Waals surface area contributed by atoms with Crippen molar-refractivity contribution in [2.45, 2.75) is 57.7 Å². The minimum absolute atomic E-state index is 0.123. The Labute approximate surface area is 118 Å². The van der Waals surface area contributed by atoms with Crippen molar-refractivity contribution in [2.24, 2.45) is 0 Å². The van der Waals surface area contributed by atoms with E-state index in [1.165, 1.54) is 14.2 Å². The van der Waals surface area contributed by atoms with Crippen LogP contribution in [0.25, 0.3) is 0 Å². The number of carbonyl (C=O) groups excluding carboxylic acids is 2. The number of nitrogens with zero attached hydrogens (tertiary/aromatic N) is 1. The number of methoxy groups -OCH3 is 2. The molecule has 0 aliphatic carbocycles. The van der Waals surface area contributed by atoms with Gasteiger partial charge in [0, 0.05) is 7.11 Å². The molecule has 1 aliphatic rings. The van der Waals surface area contributed by atoms with Crippen molar-refractivity contribution in [3.05, 3.63) is 0 Å². The van der Waals surface area contributed by atoms with E-state index in [2.05, 4.69) is 4.74 Å². The van der Waals surface area contributed by atoms with Crippen molar-refractivity contribution in [2.75, 3.05) is 14.2 Å². The van der Waals surface area contributed by atoms with Crippen molar-refractivity contribution in [3.8, 4) is 0 Å². The maximum absolute atomic E-state index is 13.9. The van der Waals surface area contributed by atoms with Gasteiger partial charge in [-0.3, -0.25) is 4.90 Å². The van der Waals surface area contributed by atoms with Crippen LogP contribution in [-0.2, 0) is 19.0 Å². The largest absolute Gasteiger partial charge is 0.467 e. The third-order valence-corrected chi connectivity index (χ3v) is 2.95. The Morgan fingerprint density at radius 1 is 1.20 bits per heavy atom. The molecule has 3 atom stereocenters. The summed E-state index contributed by atoms with van der Waals surface area (Å²) in [7, 11) is 2.51. The molecule has 0 N–H and O–H groups in total. The van der Waals surface area contributed by atoms with Gasteiger partial charge in [-0.05, 0) is 33.6 Å². The molecule has 0 aromatic carbocycles. The van der Waals surface area contributed by atoms with Crippen molar-refractivity contribution in [1.29, 1.82) is 0 Å². The lowest BCUT2D eigenvalue weighted by Crippen LogP contribution is -2.59. The molecule has 0 aromatic heterocycles. The number of piperidine rings is 1. The maximum atomic E-state index is 13.9. The second-order valence-electron chi connectivity index (χ2n) is 5.65. The lowest BCUT2D eigenvalue weighted by Gasteiger charge is -2.41. The SMILES string of the molecule is COC(=O)C1CCC(F)C(OC)N1C(=O)OC(C)(C)C. The monoisotopic (exact) mass is 291 g/mol. The predicted molar refractivity (Wildman–Crippen MR) is 68.8 cm³/mol. The molecule has 1 saturated heterocycles. The van der Waals surface area contributed by atoms with Crippen LogP contribution in [-0.4, -0.2) is 55.2 Å². The first-order valence-electron chi connectivity index (χ1n) is 6.47. The molecule has 0 spiro atoms. The molecule has 0 aromatic rings. The first kappa shape index (κ1) is 16.7. The summed E-state index contributed by atoms with van der Waals surface area (Å²) in [4.78, 5) is 25.0. The number of amides is 1. The average Bonchev–Trinajstić information content (AvgIpc) is 2.35. The third-order valence-electron chi connectivity index (χ3n) is 2.95. The van der Waals surface area contributed by atoms with Crippen LogP contribution >= 0.6 is 0 Å². The van der Waals surface area contributed by atoms with Gasteiger partial charge in [0.15, 0.2) is 6.23 Å². The predicted octanol–water partition coefficient (Wildman–Crippen LogP) is 1.87. The fourth-order valence-electron chi connectivity index (χ4n) is 2.12. The number of hydrogen-bond donors (Lipinski definition) is 0. The number of esters is 1. The van der Waals surface area contributed by atoms with Gasteiger partial charge >= 0.3 is 12.1 Å². The van der Waals surface area contributed by atoms with E-state index in [4.69, 9.17) is 9.47 Å². The lowest BCUT2D eigenvalue weighted by atomic mass is 10.00. The van der Waals surface area contributed by atoms with Crippen LogP contribution < -0.4 is 0 Å². The summed E-state index contributed by atoms with van der Waals surface area (Å²) < 4.78 is 28.8. The molecular formula is C13H22FNO5. The number of rotatable bonds is 2.